The normalized spacial score (nSPS) is 18.2. The van der Waals surface area contributed by atoms with E-state index in [2.05, 4.69) is 6.92 Å². The van der Waals surface area contributed by atoms with Crippen LogP contribution in [0.25, 0.3) is 11.1 Å². The zero-order chi connectivity index (χ0) is 27.3. The highest BCUT2D eigenvalue weighted by molar-refractivity contribution is 5.74. The Balaban J connectivity index is 1.50. The molecular formula is C32H43F3O3. The van der Waals surface area contributed by atoms with Gasteiger partial charge >= 0.3 is 5.97 Å². The van der Waals surface area contributed by atoms with Crippen molar-refractivity contribution in [2.75, 3.05) is 6.61 Å². The number of ether oxygens (including phenoxy) is 2. The summed E-state index contributed by atoms with van der Waals surface area (Å²) in [5.74, 6) is -2.33. The molecule has 2 aromatic carbocycles. The molecule has 0 aliphatic heterocycles. The fourth-order valence-corrected chi connectivity index (χ4v) is 5.12. The van der Waals surface area contributed by atoms with E-state index in [9.17, 15) is 18.0 Å². The lowest BCUT2D eigenvalue weighted by Crippen LogP contribution is -2.28. The van der Waals surface area contributed by atoms with Crippen molar-refractivity contribution in [3.8, 4) is 16.9 Å². The lowest BCUT2D eigenvalue weighted by molar-refractivity contribution is -0.157. The molecule has 2 aromatic rings. The van der Waals surface area contributed by atoms with Gasteiger partial charge in [0, 0.05) is 5.56 Å². The summed E-state index contributed by atoms with van der Waals surface area (Å²) >= 11 is 0. The van der Waals surface area contributed by atoms with Gasteiger partial charge in [0.15, 0.2) is 17.7 Å². The fourth-order valence-electron chi connectivity index (χ4n) is 5.12. The summed E-state index contributed by atoms with van der Waals surface area (Å²) in [7, 11) is 0. The van der Waals surface area contributed by atoms with Gasteiger partial charge in [0.2, 0.25) is 5.82 Å². The van der Waals surface area contributed by atoms with E-state index in [1.165, 1.54) is 25.3 Å². The Morgan fingerprint density at radius 1 is 0.842 bits per heavy atom. The summed E-state index contributed by atoms with van der Waals surface area (Å²) in [4.78, 5) is 12.0. The van der Waals surface area contributed by atoms with Crippen molar-refractivity contribution in [1.29, 1.82) is 0 Å². The van der Waals surface area contributed by atoms with Crippen LogP contribution in [-0.4, -0.2) is 24.9 Å². The molecule has 0 radical (unpaired) electrons. The molecule has 1 aliphatic carbocycles. The van der Waals surface area contributed by atoms with Crippen molar-refractivity contribution in [2.24, 2.45) is 0 Å². The van der Waals surface area contributed by atoms with Gasteiger partial charge in [-0.15, -0.1) is 0 Å². The molecule has 0 unspecified atom stereocenters. The molecule has 0 N–H and O–H groups in total. The van der Waals surface area contributed by atoms with E-state index in [4.69, 9.17) is 9.47 Å². The van der Waals surface area contributed by atoms with E-state index in [1.54, 1.807) is 6.07 Å². The van der Waals surface area contributed by atoms with E-state index < -0.39 is 23.8 Å². The van der Waals surface area contributed by atoms with Crippen molar-refractivity contribution < 1.29 is 27.4 Å². The van der Waals surface area contributed by atoms with E-state index in [0.29, 0.717) is 37.4 Å². The van der Waals surface area contributed by atoms with Crippen LogP contribution >= 0.6 is 0 Å². The first-order valence-electron chi connectivity index (χ1n) is 14.5. The quantitative estimate of drug-likeness (QED) is 0.169. The van der Waals surface area contributed by atoms with Crippen LogP contribution < -0.4 is 4.74 Å². The van der Waals surface area contributed by atoms with Crippen LogP contribution in [0.15, 0.2) is 36.4 Å². The molecule has 210 valence electrons. The smallest absolute Gasteiger partial charge is 0.340 e. The maximum atomic E-state index is 14.9. The van der Waals surface area contributed by atoms with Gasteiger partial charge in [-0.1, -0.05) is 83.1 Å². The maximum Gasteiger partial charge on any atom is 0.340 e. The number of alkyl halides is 1. The van der Waals surface area contributed by atoms with E-state index in [-0.39, 0.29) is 23.8 Å². The van der Waals surface area contributed by atoms with Crippen LogP contribution in [0.1, 0.15) is 109 Å². The van der Waals surface area contributed by atoms with Gasteiger partial charge in [-0.3, -0.25) is 0 Å². The number of hydrogen-bond acceptors (Lipinski definition) is 3. The van der Waals surface area contributed by atoms with Crippen molar-refractivity contribution in [1.82, 2.24) is 0 Å². The number of esters is 1. The summed E-state index contributed by atoms with van der Waals surface area (Å²) in [5, 5.41) is 0. The molecule has 0 bridgehead atoms. The molecule has 0 aromatic heterocycles. The van der Waals surface area contributed by atoms with Crippen LogP contribution in [0.5, 0.6) is 5.75 Å². The topological polar surface area (TPSA) is 35.5 Å². The Kier molecular flexibility index (Phi) is 12.5. The van der Waals surface area contributed by atoms with Gasteiger partial charge in [0.25, 0.3) is 0 Å². The average Bonchev–Trinajstić information content (AvgIpc) is 2.94. The standard InChI is InChI=1S/C32H43F3O3/c1-3-5-7-8-9-10-22-37-29-21-20-27(30(34)31(29)35)25-14-12-23(13-15-25)24-16-18-26(19-17-24)38-32(36)28(33)11-6-4-2/h12-15,20-21,24,26,28H,3-11,16-19,22H2,1-2H3/t24-,26-,28-/m0/s1. The number of unbranched alkanes of at least 4 members (excludes halogenated alkanes) is 6. The number of carbonyl (C=O) groups excluding carboxylic acids is 1. The van der Waals surface area contributed by atoms with Crippen LogP contribution in [0, 0.1) is 11.6 Å². The molecule has 3 nitrogen and oxygen atoms in total. The van der Waals surface area contributed by atoms with Crippen LogP contribution in [-0.2, 0) is 9.53 Å². The minimum absolute atomic E-state index is 0.0432. The zero-order valence-electron chi connectivity index (χ0n) is 23.0. The van der Waals surface area contributed by atoms with Gasteiger partial charge in [0.05, 0.1) is 6.61 Å². The molecule has 0 spiro atoms. The lowest BCUT2D eigenvalue weighted by atomic mass is 9.82. The monoisotopic (exact) mass is 532 g/mol. The third-order valence-electron chi connectivity index (χ3n) is 7.52. The molecule has 6 heteroatoms. The van der Waals surface area contributed by atoms with Crippen molar-refractivity contribution in [2.45, 2.75) is 116 Å². The predicted octanol–water partition coefficient (Wildman–Crippen LogP) is 9.47. The lowest BCUT2D eigenvalue weighted by Gasteiger charge is -2.29. The van der Waals surface area contributed by atoms with Gasteiger partial charge < -0.3 is 9.47 Å². The summed E-state index contributed by atoms with van der Waals surface area (Å²) < 4.78 is 54.4. The van der Waals surface area contributed by atoms with Gasteiger partial charge in [-0.05, 0) is 67.7 Å². The molecule has 1 aliphatic rings. The maximum absolute atomic E-state index is 14.9. The third kappa shape index (κ3) is 8.78. The Bertz CT molecular complexity index is 984. The third-order valence-corrected chi connectivity index (χ3v) is 7.52. The van der Waals surface area contributed by atoms with E-state index in [1.807, 2.05) is 31.2 Å². The molecule has 0 heterocycles. The zero-order valence-corrected chi connectivity index (χ0v) is 23.0. The molecular weight excluding hydrogens is 489 g/mol. The van der Waals surface area contributed by atoms with Gasteiger partial charge in [-0.25, -0.2) is 13.6 Å². The van der Waals surface area contributed by atoms with Crippen LogP contribution in [0.4, 0.5) is 13.2 Å². The Morgan fingerprint density at radius 2 is 1.50 bits per heavy atom. The molecule has 0 amide bonds. The largest absolute Gasteiger partial charge is 0.490 e. The molecule has 3 rings (SSSR count). The first-order valence-corrected chi connectivity index (χ1v) is 14.5. The Morgan fingerprint density at radius 3 is 2.18 bits per heavy atom. The average molecular weight is 533 g/mol. The molecule has 1 atom stereocenters. The molecule has 1 saturated carbocycles. The second-order valence-electron chi connectivity index (χ2n) is 10.5. The second-order valence-corrected chi connectivity index (χ2v) is 10.5. The number of hydrogen-bond donors (Lipinski definition) is 0. The first kappa shape index (κ1) is 30.0. The van der Waals surface area contributed by atoms with Gasteiger partial charge in [-0.2, -0.15) is 4.39 Å². The van der Waals surface area contributed by atoms with Crippen LogP contribution in [0.3, 0.4) is 0 Å². The summed E-state index contributed by atoms with van der Waals surface area (Å²) in [5.41, 5.74) is 1.93. The van der Waals surface area contributed by atoms with Gasteiger partial charge in [0.1, 0.15) is 6.10 Å². The summed E-state index contributed by atoms with van der Waals surface area (Å²) in [6, 6.07) is 10.6. The van der Waals surface area contributed by atoms with E-state index >= 15 is 0 Å². The SMILES string of the molecule is CCCCCCCCOc1ccc(-c2ccc([C@H]3CC[C@H](OC(=O)[C@@H](F)CCCC)CC3)cc2)c(F)c1F. The highest BCUT2D eigenvalue weighted by Crippen LogP contribution is 2.36. The summed E-state index contributed by atoms with van der Waals surface area (Å²) in [6.07, 6.45) is 9.61. The molecule has 38 heavy (non-hydrogen) atoms. The van der Waals surface area contributed by atoms with Crippen LogP contribution in [0.2, 0.25) is 0 Å². The number of halogens is 3. The second kappa shape index (κ2) is 15.8. The minimum atomic E-state index is -1.54. The number of rotatable bonds is 15. The number of benzene rings is 2. The predicted molar refractivity (Wildman–Crippen MR) is 146 cm³/mol. The highest BCUT2D eigenvalue weighted by Gasteiger charge is 2.28. The number of carbonyl (C=O) groups is 1. The van der Waals surface area contributed by atoms with Crippen molar-refractivity contribution in [3.05, 3.63) is 53.6 Å². The minimum Gasteiger partial charge on any atom is -0.490 e. The molecule has 0 saturated heterocycles. The van der Waals surface area contributed by atoms with E-state index in [0.717, 1.165) is 44.1 Å². The highest BCUT2D eigenvalue weighted by atomic mass is 19.2. The Labute approximate surface area is 226 Å². The first-order chi connectivity index (χ1) is 18.4. The summed E-state index contributed by atoms with van der Waals surface area (Å²) in [6.45, 7) is 4.52. The fraction of sp³-hybridized carbons (Fsp3) is 0.594. The van der Waals surface area contributed by atoms with Crippen molar-refractivity contribution >= 4 is 5.97 Å². The Hall–Kier alpha value is -2.50. The van der Waals surface area contributed by atoms with Crippen molar-refractivity contribution in [3.63, 3.8) is 0 Å². The molecule has 1 fully saturated rings.